The van der Waals surface area contributed by atoms with Crippen LogP contribution in [-0.2, 0) is 11.2 Å². The maximum Gasteiger partial charge on any atom is 0.226 e. The molecule has 0 aromatic carbocycles. The van der Waals surface area contributed by atoms with E-state index in [4.69, 9.17) is 9.26 Å². The van der Waals surface area contributed by atoms with E-state index in [2.05, 4.69) is 15.5 Å². The molecule has 0 spiro atoms. The number of hydrogen-bond acceptors (Lipinski definition) is 5. The van der Waals surface area contributed by atoms with Crippen LogP contribution in [0.4, 0.5) is 0 Å². The van der Waals surface area contributed by atoms with Crippen LogP contribution in [0.1, 0.15) is 36.9 Å². The minimum absolute atomic E-state index is 0.329. The summed E-state index contributed by atoms with van der Waals surface area (Å²) in [6.07, 6.45) is 4.07. The van der Waals surface area contributed by atoms with Crippen molar-refractivity contribution in [3.63, 3.8) is 0 Å². The molecule has 1 aromatic rings. The third kappa shape index (κ3) is 3.02. The van der Waals surface area contributed by atoms with Crippen LogP contribution in [0.15, 0.2) is 4.52 Å². The van der Waals surface area contributed by atoms with E-state index in [-0.39, 0.29) is 0 Å². The number of ether oxygens (including phenoxy) is 1. The van der Waals surface area contributed by atoms with Gasteiger partial charge in [-0.05, 0) is 32.9 Å². The first-order valence-electron chi connectivity index (χ1n) is 5.95. The van der Waals surface area contributed by atoms with Crippen molar-refractivity contribution in [3.8, 4) is 0 Å². The van der Waals surface area contributed by atoms with Gasteiger partial charge in [-0.25, -0.2) is 0 Å². The van der Waals surface area contributed by atoms with Crippen molar-refractivity contribution < 1.29 is 9.26 Å². The molecule has 1 N–H and O–H groups in total. The van der Waals surface area contributed by atoms with Gasteiger partial charge < -0.3 is 14.6 Å². The highest BCUT2D eigenvalue weighted by Crippen LogP contribution is 2.22. The van der Waals surface area contributed by atoms with Gasteiger partial charge in [-0.15, -0.1) is 0 Å². The Morgan fingerprint density at radius 1 is 1.50 bits per heavy atom. The number of nitrogens with zero attached hydrogens (tertiary/aromatic N) is 2. The molecule has 5 nitrogen and oxygen atoms in total. The Morgan fingerprint density at radius 2 is 2.44 bits per heavy atom. The molecular formula is C11H19N3O2. The largest absolute Gasteiger partial charge is 0.381 e. The zero-order valence-corrected chi connectivity index (χ0v) is 9.74. The number of nitrogens with one attached hydrogen (secondary N) is 1. The SMILES string of the molecule is CNCCCc1nc(C2CCCOC2)no1. The zero-order valence-electron chi connectivity index (χ0n) is 9.74. The van der Waals surface area contributed by atoms with Gasteiger partial charge in [-0.3, -0.25) is 0 Å². The highest BCUT2D eigenvalue weighted by atomic mass is 16.5. The van der Waals surface area contributed by atoms with Gasteiger partial charge in [-0.2, -0.15) is 4.98 Å². The molecule has 1 aliphatic heterocycles. The molecule has 0 amide bonds. The smallest absolute Gasteiger partial charge is 0.226 e. The Balaban J connectivity index is 1.85. The van der Waals surface area contributed by atoms with Gasteiger partial charge in [0, 0.05) is 18.9 Å². The summed E-state index contributed by atoms with van der Waals surface area (Å²) in [5.74, 6) is 1.89. The van der Waals surface area contributed by atoms with E-state index < -0.39 is 0 Å². The van der Waals surface area contributed by atoms with Crippen molar-refractivity contribution in [2.75, 3.05) is 26.8 Å². The summed E-state index contributed by atoms with van der Waals surface area (Å²) in [6.45, 7) is 2.57. The lowest BCUT2D eigenvalue weighted by Gasteiger charge is -2.18. The molecule has 1 atom stereocenters. The van der Waals surface area contributed by atoms with Crippen LogP contribution in [0.3, 0.4) is 0 Å². The molecule has 0 bridgehead atoms. The molecular weight excluding hydrogens is 206 g/mol. The molecule has 1 aliphatic rings. The van der Waals surface area contributed by atoms with Gasteiger partial charge in [-0.1, -0.05) is 5.16 Å². The summed E-state index contributed by atoms with van der Waals surface area (Å²) in [6, 6.07) is 0. The molecule has 2 heterocycles. The van der Waals surface area contributed by atoms with Gasteiger partial charge in [0.2, 0.25) is 5.89 Å². The van der Waals surface area contributed by atoms with E-state index in [1.807, 2.05) is 7.05 Å². The van der Waals surface area contributed by atoms with Crippen LogP contribution >= 0.6 is 0 Å². The van der Waals surface area contributed by atoms with Crippen LogP contribution < -0.4 is 5.32 Å². The van der Waals surface area contributed by atoms with Gasteiger partial charge in [0.15, 0.2) is 5.82 Å². The second-order valence-corrected chi connectivity index (χ2v) is 4.17. The normalized spacial score (nSPS) is 21.2. The highest BCUT2D eigenvalue weighted by Gasteiger charge is 2.21. The third-order valence-corrected chi connectivity index (χ3v) is 2.83. The predicted octanol–water partition coefficient (Wildman–Crippen LogP) is 1.12. The monoisotopic (exact) mass is 225 g/mol. The standard InChI is InChI=1S/C11H19N3O2/c1-12-6-2-5-10-13-11(14-16-10)9-4-3-7-15-8-9/h9,12H,2-8H2,1H3. The number of aromatic nitrogens is 2. The van der Waals surface area contributed by atoms with Crippen molar-refractivity contribution >= 4 is 0 Å². The third-order valence-electron chi connectivity index (χ3n) is 2.83. The number of hydrogen-bond donors (Lipinski definition) is 1. The second kappa shape index (κ2) is 5.96. The maximum absolute atomic E-state index is 5.41. The molecule has 1 saturated heterocycles. The summed E-state index contributed by atoms with van der Waals surface area (Å²) in [7, 11) is 1.94. The van der Waals surface area contributed by atoms with Crippen molar-refractivity contribution in [2.24, 2.45) is 0 Å². The molecule has 2 rings (SSSR count). The molecule has 0 radical (unpaired) electrons. The second-order valence-electron chi connectivity index (χ2n) is 4.17. The van der Waals surface area contributed by atoms with Gasteiger partial charge in [0.1, 0.15) is 0 Å². The molecule has 0 aliphatic carbocycles. The Morgan fingerprint density at radius 3 is 3.19 bits per heavy atom. The summed E-state index contributed by atoms with van der Waals surface area (Å²) in [4.78, 5) is 4.42. The summed E-state index contributed by atoms with van der Waals surface area (Å²) < 4.78 is 10.6. The molecule has 5 heteroatoms. The molecule has 1 aromatic heterocycles. The topological polar surface area (TPSA) is 60.2 Å². The first kappa shape index (κ1) is 11.5. The summed E-state index contributed by atoms with van der Waals surface area (Å²) in [5.41, 5.74) is 0. The number of aryl methyl sites for hydroxylation is 1. The van der Waals surface area contributed by atoms with Crippen molar-refractivity contribution in [3.05, 3.63) is 11.7 Å². The minimum atomic E-state index is 0.329. The average molecular weight is 225 g/mol. The minimum Gasteiger partial charge on any atom is -0.381 e. The van der Waals surface area contributed by atoms with Crippen molar-refractivity contribution in [2.45, 2.75) is 31.6 Å². The predicted molar refractivity (Wildman–Crippen MR) is 59.3 cm³/mol. The van der Waals surface area contributed by atoms with Crippen LogP contribution in [0.5, 0.6) is 0 Å². The lowest BCUT2D eigenvalue weighted by atomic mass is 10.0. The van der Waals surface area contributed by atoms with E-state index in [1.165, 1.54) is 0 Å². The Labute approximate surface area is 95.6 Å². The molecule has 1 unspecified atom stereocenters. The van der Waals surface area contributed by atoms with Gasteiger partial charge >= 0.3 is 0 Å². The zero-order chi connectivity index (χ0) is 11.2. The van der Waals surface area contributed by atoms with Crippen LogP contribution in [-0.4, -0.2) is 36.9 Å². The lowest BCUT2D eigenvalue weighted by Crippen LogP contribution is -2.16. The fourth-order valence-corrected chi connectivity index (χ4v) is 1.90. The van der Waals surface area contributed by atoms with E-state index in [0.717, 1.165) is 57.2 Å². The van der Waals surface area contributed by atoms with Crippen LogP contribution in [0.25, 0.3) is 0 Å². The average Bonchev–Trinajstić information content (AvgIpc) is 2.79. The van der Waals surface area contributed by atoms with E-state index in [9.17, 15) is 0 Å². The van der Waals surface area contributed by atoms with E-state index >= 15 is 0 Å². The van der Waals surface area contributed by atoms with Crippen LogP contribution in [0.2, 0.25) is 0 Å². The molecule has 90 valence electrons. The van der Waals surface area contributed by atoms with Gasteiger partial charge in [0.05, 0.1) is 6.61 Å². The fraction of sp³-hybridized carbons (Fsp3) is 0.818. The fourth-order valence-electron chi connectivity index (χ4n) is 1.90. The van der Waals surface area contributed by atoms with Crippen molar-refractivity contribution in [1.82, 2.24) is 15.5 Å². The Hall–Kier alpha value is -0.940. The van der Waals surface area contributed by atoms with E-state index in [0.29, 0.717) is 5.92 Å². The maximum atomic E-state index is 5.41. The molecule has 1 fully saturated rings. The summed E-state index contributed by atoms with van der Waals surface area (Å²) >= 11 is 0. The number of rotatable bonds is 5. The highest BCUT2D eigenvalue weighted by molar-refractivity contribution is 4.96. The molecule has 16 heavy (non-hydrogen) atoms. The quantitative estimate of drug-likeness (QED) is 0.761. The summed E-state index contributed by atoms with van der Waals surface area (Å²) in [5, 5.41) is 7.13. The molecule has 0 saturated carbocycles. The Bertz CT molecular complexity index is 308. The Kier molecular flexibility index (Phi) is 4.30. The van der Waals surface area contributed by atoms with Gasteiger partial charge in [0.25, 0.3) is 0 Å². The first-order valence-corrected chi connectivity index (χ1v) is 5.95. The lowest BCUT2D eigenvalue weighted by molar-refractivity contribution is 0.0773. The van der Waals surface area contributed by atoms with Crippen LogP contribution in [0, 0.1) is 0 Å². The first-order chi connectivity index (χ1) is 7.90. The van der Waals surface area contributed by atoms with E-state index in [1.54, 1.807) is 0 Å². The van der Waals surface area contributed by atoms with Crippen molar-refractivity contribution in [1.29, 1.82) is 0 Å².